The van der Waals surface area contributed by atoms with Crippen LogP contribution in [0.5, 0.6) is 0 Å². The Labute approximate surface area is 86.3 Å². The van der Waals surface area contributed by atoms with E-state index in [1.807, 2.05) is 0 Å². The maximum atomic E-state index is 11.8. The van der Waals surface area contributed by atoms with Crippen molar-refractivity contribution >= 4 is 16.8 Å². The molecule has 1 heterocycles. The summed E-state index contributed by atoms with van der Waals surface area (Å²) in [5, 5.41) is 0.455. The second-order valence-electron chi connectivity index (χ2n) is 3.25. The molecule has 3 heteroatoms. The van der Waals surface area contributed by atoms with Crippen molar-refractivity contribution in [3.63, 3.8) is 0 Å². The van der Waals surface area contributed by atoms with E-state index < -0.39 is 0 Å². The molecular weight excluding hydrogens is 192 g/mol. The third kappa shape index (κ3) is 1.56. The molecule has 15 heavy (non-hydrogen) atoms. The van der Waals surface area contributed by atoms with Crippen LogP contribution in [0.25, 0.3) is 11.0 Å². The molecule has 1 aromatic heterocycles. The summed E-state index contributed by atoms with van der Waals surface area (Å²) in [7, 11) is 0. The Balaban J connectivity index is 2.76. The summed E-state index contributed by atoms with van der Waals surface area (Å²) >= 11 is 0. The van der Waals surface area contributed by atoms with E-state index in [0.29, 0.717) is 17.4 Å². The number of carbonyl (C=O) groups is 1. The minimum atomic E-state index is -0.247. The van der Waals surface area contributed by atoms with Crippen molar-refractivity contribution < 1.29 is 9.21 Å². The highest BCUT2D eigenvalue weighted by molar-refractivity contribution is 5.97. The minimum Gasteiger partial charge on any atom is -0.463 e. The molecule has 2 rings (SSSR count). The summed E-state index contributed by atoms with van der Waals surface area (Å²) in [6, 6.07) is 6.90. The molecule has 0 aliphatic carbocycles. The molecule has 1 aromatic carbocycles. The number of benzene rings is 1. The molecule has 0 bridgehead atoms. The predicted octanol–water partition coefficient (Wildman–Crippen LogP) is 2.39. The Morgan fingerprint density at radius 3 is 2.80 bits per heavy atom. The summed E-state index contributed by atoms with van der Waals surface area (Å²) in [6.45, 7) is 1.72. The number of ketones is 1. The second-order valence-corrected chi connectivity index (χ2v) is 3.25. The number of para-hydroxylation sites is 1. The van der Waals surface area contributed by atoms with Crippen molar-refractivity contribution in [3.8, 4) is 0 Å². The molecule has 0 amide bonds. The van der Waals surface area contributed by atoms with Crippen molar-refractivity contribution in [2.45, 2.75) is 13.3 Å². The van der Waals surface area contributed by atoms with E-state index in [4.69, 9.17) is 4.42 Å². The van der Waals surface area contributed by atoms with Crippen molar-refractivity contribution in [2.75, 3.05) is 0 Å². The zero-order chi connectivity index (χ0) is 10.8. The van der Waals surface area contributed by atoms with Gasteiger partial charge in [-0.3, -0.25) is 9.59 Å². The number of carbonyl (C=O) groups excluding carboxylic acids is 1. The normalized spacial score (nSPS) is 10.5. The van der Waals surface area contributed by atoms with Gasteiger partial charge in [-0.25, -0.2) is 0 Å². The van der Waals surface area contributed by atoms with Crippen molar-refractivity contribution in [1.82, 2.24) is 0 Å². The standard InChI is InChI=1S/C12H10O3/c1-2-10(13)9-7-15-11-6-4-3-5-8(11)12(9)14/h3-7H,2H2,1H3. The number of hydrogen-bond donors (Lipinski definition) is 0. The zero-order valence-electron chi connectivity index (χ0n) is 8.32. The maximum absolute atomic E-state index is 11.8. The molecule has 3 nitrogen and oxygen atoms in total. The van der Waals surface area contributed by atoms with Crippen LogP contribution in [0, 0.1) is 0 Å². The van der Waals surface area contributed by atoms with Gasteiger partial charge in [0.1, 0.15) is 17.4 Å². The molecule has 0 aliphatic heterocycles. The summed E-state index contributed by atoms with van der Waals surface area (Å²) in [5.74, 6) is -0.186. The van der Waals surface area contributed by atoms with E-state index in [2.05, 4.69) is 0 Å². The average Bonchev–Trinajstić information content (AvgIpc) is 2.29. The highest BCUT2D eigenvalue weighted by Crippen LogP contribution is 2.11. The molecule has 0 fully saturated rings. The SMILES string of the molecule is CCC(=O)c1coc2ccccc2c1=O. The Bertz CT molecular complexity index is 566. The lowest BCUT2D eigenvalue weighted by Gasteiger charge is -1.99. The van der Waals surface area contributed by atoms with Gasteiger partial charge < -0.3 is 4.42 Å². The van der Waals surface area contributed by atoms with Crippen molar-refractivity contribution in [1.29, 1.82) is 0 Å². The molecule has 0 saturated carbocycles. The molecule has 0 radical (unpaired) electrons. The average molecular weight is 202 g/mol. The summed E-state index contributed by atoms with van der Waals surface area (Å²) in [6.07, 6.45) is 1.56. The lowest BCUT2D eigenvalue weighted by atomic mass is 10.1. The van der Waals surface area contributed by atoms with Gasteiger partial charge in [-0.15, -0.1) is 0 Å². The lowest BCUT2D eigenvalue weighted by Crippen LogP contribution is -2.13. The molecule has 0 spiro atoms. The Morgan fingerprint density at radius 1 is 1.33 bits per heavy atom. The molecule has 2 aromatic rings. The van der Waals surface area contributed by atoms with Crippen LogP contribution in [-0.2, 0) is 0 Å². The van der Waals surface area contributed by atoms with Crippen LogP contribution < -0.4 is 5.43 Å². The fraction of sp³-hybridized carbons (Fsp3) is 0.167. The Hall–Kier alpha value is -1.90. The molecule has 0 atom stereocenters. The quantitative estimate of drug-likeness (QED) is 0.702. The number of rotatable bonds is 2. The zero-order valence-corrected chi connectivity index (χ0v) is 8.32. The maximum Gasteiger partial charge on any atom is 0.203 e. The van der Waals surface area contributed by atoms with E-state index in [9.17, 15) is 9.59 Å². The predicted molar refractivity (Wildman–Crippen MR) is 57.1 cm³/mol. The third-order valence-corrected chi connectivity index (χ3v) is 2.30. The van der Waals surface area contributed by atoms with Crippen LogP contribution in [0.2, 0.25) is 0 Å². The van der Waals surface area contributed by atoms with Crippen LogP contribution in [0.1, 0.15) is 23.7 Å². The third-order valence-electron chi connectivity index (χ3n) is 2.30. The van der Waals surface area contributed by atoms with Gasteiger partial charge in [0, 0.05) is 6.42 Å². The van der Waals surface area contributed by atoms with E-state index in [0.717, 1.165) is 0 Å². The first-order chi connectivity index (χ1) is 7.24. The van der Waals surface area contributed by atoms with Crippen LogP contribution in [0.4, 0.5) is 0 Å². The smallest absolute Gasteiger partial charge is 0.203 e. The summed E-state index contributed by atoms with van der Waals surface area (Å²) in [5.41, 5.74) is 0.398. The van der Waals surface area contributed by atoms with Crippen molar-refractivity contribution in [3.05, 3.63) is 46.3 Å². The van der Waals surface area contributed by atoms with Crippen LogP contribution in [0.3, 0.4) is 0 Å². The monoisotopic (exact) mass is 202 g/mol. The first-order valence-corrected chi connectivity index (χ1v) is 4.77. The van der Waals surface area contributed by atoms with Gasteiger partial charge in [0.2, 0.25) is 5.43 Å². The van der Waals surface area contributed by atoms with E-state index in [-0.39, 0.29) is 16.8 Å². The topological polar surface area (TPSA) is 47.3 Å². The number of fused-ring (bicyclic) bond motifs is 1. The largest absolute Gasteiger partial charge is 0.463 e. The fourth-order valence-corrected chi connectivity index (χ4v) is 1.46. The van der Waals surface area contributed by atoms with Gasteiger partial charge in [0.05, 0.1) is 5.39 Å². The van der Waals surface area contributed by atoms with Gasteiger partial charge in [0.15, 0.2) is 5.78 Å². The second kappa shape index (κ2) is 3.69. The summed E-state index contributed by atoms with van der Waals surface area (Å²) in [4.78, 5) is 23.3. The van der Waals surface area contributed by atoms with E-state index in [1.54, 1.807) is 31.2 Å². The van der Waals surface area contributed by atoms with Gasteiger partial charge >= 0.3 is 0 Å². The van der Waals surface area contributed by atoms with Gasteiger partial charge in [-0.1, -0.05) is 19.1 Å². The van der Waals surface area contributed by atoms with Crippen LogP contribution in [-0.4, -0.2) is 5.78 Å². The minimum absolute atomic E-state index is 0.135. The van der Waals surface area contributed by atoms with E-state index >= 15 is 0 Å². The van der Waals surface area contributed by atoms with Crippen molar-refractivity contribution in [2.24, 2.45) is 0 Å². The number of Topliss-reactive ketones (excluding diaryl/α,β-unsaturated/α-hetero) is 1. The van der Waals surface area contributed by atoms with Gasteiger partial charge in [0.25, 0.3) is 0 Å². The Kier molecular flexibility index (Phi) is 2.37. The molecule has 0 aliphatic rings. The molecule has 0 saturated heterocycles. The lowest BCUT2D eigenvalue weighted by molar-refractivity contribution is 0.0985. The highest BCUT2D eigenvalue weighted by Gasteiger charge is 2.11. The van der Waals surface area contributed by atoms with Crippen LogP contribution >= 0.6 is 0 Å². The number of hydrogen-bond acceptors (Lipinski definition) is 3. The fourth-order valence-electron chi connectivity index (χ4n) is 1.46. The van der Waals surface area contributed by atoms with Crippen LogP contribution in [0.15, 0.2) is 39.7 Å². The molecule has 76 valence electrons. The molecule has 0 N–H and O–H groups in total. The summed E-state index contributed by atoms with van der Waals surface area (Å²) < 4.78 is 5.23. The molecular formula is C12H10O3. The molecule has 0 unspecified atom stereocenters. The highest BCUT2D eigenvalue weighted by atomic mass is 16.3. The van der Waals surface area contributed by atoms with Gasteiger partial charge in [-0.2, -0.15) is 0 Å². The van der Waals surface area contributed by atoms with E-state index in [1.165, 1.54) is 6.26 Å². The Morgan fingerprint density at radius 2 is 2.07 bits per heavy atom. The first-order valence-electron chi connectivity index (χ1n) is 4.77. The van der Waals surface area contributed by atoms with Gasteiger partial charge in [-0.05, 0) is 12.1 Å². The first kappa shape index (κ1) is 9.65.